The molecule has 0 aliphatic carbocycles. The van der Waals surface area contributed by atoms with Gasteiger partial charge in [0.1, 0.15) is 5.82 Å². The van der Waals surface area contributed by atoms with Crippen LogP contribution < -0.4 is 5.56 Å². The number of amides is 1. The first-order chi connectivity index (χ1) is 13.8. The average Bonchev–Trinajstić information content (AvgIpc) is 2.70. The Kier molecular flexibility index (Phi) is 6.52. The van der Waals surface area contributed by atoms with Gasteiger partial charge in [-0.25, -0.2) is 4.98 Å². The fourth-order valence-electron chi connectivity index (χ4n) is 3.36. The van der Waals surface area contributed by atoms with Crippen LogP contribution >= 0.6 is 34.8 Å². The summed E-state index contributed by atoms with van der Waals surface area (Å²) < 4.78 is 1.59. The van der Waals surface area contributed by atoms with E-state index in [9.17, 15) is 9.59 Å². The van der Waals surface area contributed by atoms with E-state index in [1.807, 2.05) is 20.8 Å². The minimum absolute atomic E-state index is 0.158. The maximum Gasteiger partial charge on any atom is 0.261 e. The highest BCUT2D eigenvalue weighted by Gasteiger charge is 2.26. The van der Waals surface area contributed by atoms with Crippen molar-refractivity contribution in [2.45, 2.75) is 33.4 Å². The van der Waals surface area contributed by atoms with Crippen molar-refractivity contribution in [3.05, 3.63) is 73.2 Å². The number of carbonyl (C=O) groups is 1. The molecule has 1 unspecified atom stereocenters. The van der Waals surface area contributed by atoms with Gasteiger partial charge in [0.25, 0.3) is 11.5 Å². The normalized spacial score (nSPS) is 12.2. The van der Waals surface area contributed by atoms with Crippen LogP contribution in [0, 0.1) is 0 Å². The van der Waals surface area contributed by atoms with E-state index in [1.165, 1.54) is 0 Å². The first kappa shape index (κ1) is 21.6. The topological polar surface area (TPSA) is 55.2 Å². The smallest absolute Gasteiger partial charge is 0.261 e. The minimum atomic E-state index is -0.446. The molecule has 8 heteroatoms. The van der Waals surface area contributed by atoms with Crippen molar-refractivity contribution in [1.82, 2.24) is 14.5 Å². The molecule has 1 aromatic heterocycles. The summed E-state index contributed by atoms with van der Waals surface area (Å²) in [7, 11) is 0. The third kappa shape index (κ3) is 4.13. The van der Waals surface area contributed by atoms with E-state index in [2.05, 4.69) is 4.98 Å². The third-order valence-electron chi connectivity index (χ3n) is 4.87. The quantitative estimate of drug-likeness (QED) is 0.506. The van der Waals surface area contributed by atoms with Crippen LogP contribution in [0.5, 0.6) is 0 Å². The summed E-state index contributed by atoms with van der Waals surface area (Å²) in [4.78, 5) is 32.4. The number of aromatic nitrogens is 2. The standard InChI is InChI=1S/C21H20Cl3N3O2/c1-4-26(20(28)13-6-9-16(23)17(24)10-13)12(3)19-25-18-11-14(22)7-8-15(18)21(29)27(19)5-2/h6-12H,4-5H2,1-3H3. The number of carbonyl (C=O) groups excluding carboxylic acids is 1. The van der Waals surface area contributed by atoms with Gasteiger partial charge in [0.15, 0.2) is 0 Å². The van der Waals surface area contributed by atoms with Gasteiger partial charge in [-0.1, -0.05) is 34.8 Å². The SMILES string of the molecule is CCN(C(=O)c1ccc(Cl)c(Cl)c1)C(C)c1nc2cc(Cl)ccc2c(=O)n1CC. The van der Waals surface area contributed by atoms with Crippen molar-refractivity contribution in [3.8, 4) is 0 Å². The van der Waals surface area contributed by atoms with Crippen LogP contribution in [0.15, 0.2) is 41.2 Å². The lowest BCUT2D eigenvalue weighted by Gasteiger charge is -2.29. The predicted octanol–water partition coefficient (Wildman–Crippen LogP) is 5.60. The summed E-state index contributed by atoms with van der Waals surface area (Å²) in [6.07, 6.45) is 0. The molecule has 0 fully saturated rings. The van der Waals surface area contributed by atoms with Crippen molar-refractivity contribution in [2.75, 3.05) is 6.54 Å². The van der Waals surface area contributed by atoms with Gasteiger partial charge in [0.05, 0.1) is 27.0 Å². The molecular weight excluding hydrogens is 433 g/mol. The van der Waals surface area contributed by atoms with Gasteiger partial charge in [-0.3, -0.25) is 14.2 Å². The molecule has 0 bridgehead atoms. The van der Waals surface area contributed by atoms with E-state index >= 15 is 0 Å². The zero-order valence-electron chi connectivity index (χ0n) is 16.2. The van der Waals surface area contributed by atoms with Crippen LogP contribution in [0.1, 0.15) is 43.0 Å². The number of hydrogen-bond acceptors (Lipinski definition) is 3. The Bertz CT molecular complexity index is 1140. The zero-order valence-corrected chi connectivity index (χ0v) is 18.5. The Balaban J connectivity index is 2.10. The molecule has 1 heterocycles. The molecule has 0 saturated carbocycles. The number of halogens is 3. The Labute approximate surface area is 183 Å². The summed E-state index contributed by atoms with van der Waals surface area (Å²) in [6.45, 7) is 6.45. The van der Waals surface area contributed by atoms with Crippen LogP contribution in [-0.4, -0.2) is 26.9 Å². The van der Waals surface area contributed by atoms with Crippen LogP contribution in [0.3, 0.4) is 0 Å². The fraction of sp³-hybridized carbons (Fsp3) is 0.286. The van der Waals surface area contributed by atoms with Crippen LogP contribution in [-0.2, 0) is 6.54 Å². The molecular formula is C21H20Cl3N3O2. The molecule has 0 saturated heterocycles. The van der Waals surface area contributed by atoms with E-state index in [1.54, 1.807) is 45.9 Å². The largest absolute Gasteiger partial charge is 0.329 e. The van der Waals surface area contributed by atoms with Gasteiger partial charge < -0.3 is 4.90 Å². The highest BCUT2D eigenvalue weighted by Crippen LogP contribution is 2.26. The molecule has 0 radical (unpaired) electrons. The van der Waals surface area contributed by atoms with Crippen molar-refractivity contribution in [2.24, 2.45) is 0 Å². The average molecular weight is 453 g/mol. The lowest BCUT2D eigenvalue weighted by atomic mass is 10.1. The molecule has 1 atom stereocenters. The molecule has 0 N–H and O–H groups in total. The summed E-state index contributed by atoms with van der Waals surface area (Å²) in [5.41, 5.74) is 0.767. The maximum absolute atomic E-state index is 13.1. The van der Waals surface area contributed by atoms with Crippen LogP contribution in [0.2, 0.25) is 15.1 Å². The lowest BCUT2D eigenvalue weighted by Crippen LogP contribution is -2.37. The van der Waals surface area contributed by atoms with Gasteiger partial charge >= 0.3 is 0 Å². The monoisotopic (exact) mass is 451 g/mol. The Morgan fingerprint density at radius 2 is 1.83 bits per heavy atom. The molecule has 2 aromatic carbocycles. The second-order valence-corrected chi connectivity index (χ2v) is 7.83. The third-order valence-corrected chi connectivity index (χ3v) is 5.85. The summed E-state index contributed by atoms with van der Waals surface area (Å²) in [5, 5.41) is 1.68. The summed E-state index contributed by atoms with van der Waals surface area (Å²) >= 11 is 18.1. The predicted molar refractivity (Wildman–Crippen MR) is 118 cm³/mol. The Hall–Kier alpha value is -2.08. The molecule has 5 nitrogen and oxygen atoms in total. The van der Waals surface area contributed by atoms with E-state index in [0.717, 1.165) is 0 Å². The maximum atomic E-state index is 13.1. The number of benzene rings is 2. The van der Waals surface area contributed by atoms with Crippen LogP contribution in [0.4, 0.5) is 0 Å². The van der Waals surface area contributed by atoms with Gasteiger partial charge in [-0.05, 0) is 57.2 Å². The fourth-order valence-corrected chi connectivity index (χ4v) is 3.83. The number of nitrogens with zero attached hydrogens (tertiary/aromatic N) is 3. The van der Waals surface area contributed by atoms with Gasteiger partial charge in [0, 0.05) is 23.7 Å². The first-order valence-corrected chi connectivity index (χ1v) is 10.4. The van der Waals surface area contributed by atoms with Crippen molar-refractivity contribution < 1.29 is 4.79 Å². The minimum Gasteiger partial charge on any atom is -0.329 e. The van der Waals surface area contributed by atoms with E-state index in [-0.39, 0.29) is 11.5 Å². The van der Waals surface area contributed by atoms with Crippen LogP contribution in [0.25, 0.3) is 10.9 Å². The molecule has 0 aliphatic rings. The molecule has 3 rings (SSSR count). The molecule has 0 spiro atoms. The van der Waals surface area contributed by atoms with Crippen molar-refractivity contribution >= 4 is 51.6 Å². The highest BCUT2D eigenvalue weighted by atomic mass is 35.5. The lowest BCUT2D eigenvalue weighted by molar-refractivity contribution is 0.0691. The van der Waals surface area contributed by atoms with Crippen molar-refractivity contribution in [3.63, 3.8) is 0 Å². The summed E-state index contributed by atoms with van der Waals surface area (Å²) in [6, 6.07) is 9.32. The molecule has 1 amide bonds. The molecule has 0 aliphatic heterocycles. The number of hydrogen-bond donors (Lipinski definition) is 0. The molecule has 29 heavy (non-hydrogen) atoms. The number of fused-ring (bicyclic) bond motifs is 1. The second-order valence-electron chi connectivity index (χ2n) is 6.58. The number of rotatable bonds is 5. The zero-order chi connectivity index (χ0) is 21.3. The summed E-state index contributed by atoms with van der Waals surface area (Å²) in [5.74, 6) is 0.282. The van der Waals surface area contributed by atoms with E-state index in [0.29, 0.717) is 50.4 Å². The molecule has 3 aromatic rings. The van der Waals surface area contributed by atoms with Gasteiger partial charge in [-0.2, -0.15) is 0 Å². The molecule has 152 valence electrons. The van der Waals surface area contributed by atoms with E-state index < -0.39 is 6.04 Å². The Morgan fingerprint density at radius 3 is 2.45 bits per heavy atom. The second kappa shape index (κ2) is 8.74. The Morgan fingerprint density at radius 1 is 1.10 bits per heavy atom. The van der Waals surface area contributed by atoms with Crippen molar-refractivity contribution in [1.29, 1.82) is 0 Å². The van der Waals surface area contributed by atoms with E-state index in [4.69, 9.17) is 34.8 Å². The highest BCUT2D eigenvalue weighted by molar-refractivity contribution is 6.42. The first-order valence-electron chi connectivity index (χ1n) is 9.24. The van der Waals surface area contributed by atoms with Gasteiger partial charge in [0.2, 0.25) is 0 Å². The van der Waals surface area contributed by atoms with Gasteiger partial charge in [-0.15, -0.1) is 0 Å².